The van der Waals surface area contributed by atoms with Gasteiger partial charge in [0.05, 0.1) is 33.9 Å². The number of nitrogens with zero attached hydrogens (tertiary/aromatic N) is 3. The SMILES string of the molecule is Cn1c(Nc2nc3ccc(Cl)cc3s2)nc2cc(C(=O)CCC(=O)NC3CCOC3)ccc21. The van der Waals surface area contributed by atoms with E-state index in [1.54, 1.807) is 12.1 Å². The van der Waals surface area contributed by atoms with Crippen molar-refractivity contribution >= 4 is 67.0 Å². The molecule has 0 radical (unpaired) electrons. The van der Waals surface area contributed by atoms with Crippen molar-refractivity contribution in [3.8, 4) is 0 Å². The third-order valence-electron chi connectivity index (χ3n) is 5.65. The molecule has 0 spiro atoms. The summed E-state index contributed by atoms with van der Waals surface area (Å²) in [5.41, 5.74) is 2.99. The lowest BCUT2D eigenvalue weighted by Crippen LogP contribution is -2.35. The van der Waals surface area contributed by atoms with Gasteiger partial charge in [-0.05, 0) is 42.8 Å². The molecule has 1 unspecified atom stereocenters. The fraction of sp³-hybridized carbons (Fsp3) is 0.304. The highest BCUT2D eigenvalue weighted by atomic mass is 35.5. The number of carbonyl (C=O) groups is 2. The normalized spacial score (nSPS) is 15.9. The van der Waals surface area contributed by atoms with Crippen molar-refractivity contribution < 1.29 is 14.3 Å². The summed E-state index contributed by atoms with van der Waals surface area (Å²) in [6, 6.07) is 11.0. The Morgan fingerprint density at radius 2 is 2.06 bits per heavy atom. The number of carbonyl (C=O) groups excluding carboxylic acids is 2. The van der Waals surface area contributed by atoms with Crippen molar-refractivity contribution in [2.24, 2.45) is 7.05 Å². The number of ether oxygens (including phenoxy) is 1. The Hall–Kier alpha value is -3.01. The summed E-state index contributed by atoms with van der Waals surface area (Å²) in [6.45, 7) is 1.20. The summed E-state index contributed by atoms with van der Waals surface area (Å²) in [4.78, 5) is 34.0. The Labute approximate surface area is 198 Å². The van der Waals surface area contributed by atoms with E-state index < -0.39 is 0 Å². The molecule has 1 fully saturated rings. The Morgan fingerprint density at radius 1 is 1.18 bits per heavy atom. The van der Waals surface area contributed by atoms with Crippen LogP contribution in [0.4, 0.5) is 11.1 Å². The minimum atomic E-state index is -0.124. The van der Waals surface area contributed by atoms with Crippen LogP contribution in [0.2, 0.25) is 5.02 Å². The fourth-order valence-electron chi connectivity index (χ4n) is 3.85. The number of fused-ring (bicyclic) bond motifs is 2. The highest BCUT2D eigenvalue weighted by Gasteiger charge is 2.19. The number of rotatable bonds is 7. The van der Waals surface area contributed by atoms with Gasteiger partial charge >= 0.3 is 0 Å². The summed E-state index contributed by atoms with van der Waals surface area (Å²) < 4.78 is 8.16. The number of nitrogens with one attached hydrogen (secondary N) is 2. The molecule has 170 valence electrons. The van der Waals surface area contributed by atoms with Gasteiger partial charge in [0.25, 0.3) is 0 Å². The number of halogens is 1. The Balaban J connectivity index is 1.28. The minimum absolute atomic E-state index is 0.0517. The first-order valence-electron chi connectivity index (χ1n) is 10.7. The monoisotopic (exact) mass is 483 g/mol. The molecule has 1 aliphatic rings. The third-order valence-corrected chi connectivity index (χ3v) is 6.81. The number of amides is 1. The van der Waals surface area contributed by atoms with Crippen LogP contribution in [-0.2, 0) is 16.6 Å². The van der Waals surface area contributed by atoms with E-state index >= 15 is 0 Å². The van der Waals surface area contributed by atoms with E-state index in [1.807, 2.05) is 35.9 Å². The number of imidazole rings is 1. The predicted octanol–water partition coefficient (Wildman–Crippen LogP) is 4.45. The summed E-state index contributed by atoms with van der Waals surface area (Å²) in [5.74, 6) is 0.414. The van der Waals surface area contributed by atoms with Gasteiger partial charge in [-0.25, -0.2) is 9.97 Å². The number of hydrogen-bond acceptors (Lipinski definition) is 7. The molecule has 1 saturated heterocycles. The van der Waals surface area contributed by atoms with Gasteiger partial charge in [-0.2, -0.15) is 0 Å². The van der Waals surface area contributed by atoms with Gasteiger partial charge in [0.2, 0.25) is 11.9 Å². The average molecular weight is 484 g/mol. The highest BCUT2D eigenvalue weighted by Crippen LogP contribution is 2.31. The first kappa shape index (κ1) is 21.8. The van der Waals surface area contributed by atoms with Gasteiger partial charge in [-0.3, -0.25) is 9.59 Å². The maximum absolute atomic E-state index is 12.7. The molecule has 0 saturated carbocycles. The molecule has 2 aromatic carbocycles. The molecule has 5 rings (SSSR count). The zero-order valence-corrected chi connectivity index (χ0v) is 19.5. The van der Waals surface area contributed by atoms with Crippen LogP contribution >= 0.6 is 22.9 Å². The van der Waals surface area contributed by atoms with Crippen molar-refractivity contribution in [3.63, 3.8) is 0 Å². The summed E-state index contributed by atoms with van der Waals surface area (Å²) >= 11 is 7.57. The molecule has 33 heavy (non-hydrogen) atoms. The number of ketones is 1. The van der Waals surface area contributed by atoms with E-state index in [4.69, 9.17) is 16.3 Å². The maximum Gasteiger partial charge on any atom is 0.220 e. The zero-order valence-electron chi connectivity index (χ0n) is 17.9. The van der Waals surface area contributed by atoms with Crippen LogP contribution in [0.15, 0.2) is 36.4 Å². The molecule has 0 bridgehead atoms. The van der Waals surface area contributed by atoms with Gasteiger partial charge in [-0.15, -0.1) is 0 Å². The van der Waals surface area contributed by atoms with Crippen molar-refractivity contribution in [3.05, 3.63) is 47.0 Å². The van der Waals surface area contributed by atoms with E-state index in [9.17, 15) is 9.59 Å². The van der Waals surface area contributed by atoms with E-state index in [2.05, 4.69) is 20.6 Å². The quantitative estimate of drug-likeness (QED) is 0.377. The van der Waals surface area contributed by atoms with Crippen molar-refractivity contribution in [1.82, 2.24) is 19.9 Å². The van der Waals surface area contributed by atoms with E-state index in [0.717, 1.165) is 22.2 Å². The molecule has 10 heteroatoms. The fourth-order valence-corrected chi connectivity index (χ4v) is 4.99. The lowest BCUT2D eigenvalue weighted by molar-refractivity contribution is -0.121. The largest absolute Gasteiger partial charge is 0.379 e. The van der Waals surface area contributed by atoms with Crippen LogP contribution in [0.1, 0.15) is 29.6 Å². The topological polar surface area (TPSA) is 98.1 Å². The van der Waals surface area contributed by atoms with Gasteiger partial charge in [0.15, 0.2) is 10.9 Å². The number of hydrogen-bond donors (Lipinski definition) is 2. The number of aromatic nitrogens is 3. The van der Waals surface area contributed by atoms with Crippen LogP contribution in [0, 0.1) is 0 Å². The van der Waals surface area contributed by atoms with Gasteiger partial charge in [0, 0.05) is 37.1 Å². The molecule has 2 aromatic heterocycles. The third kappa shape index (κ3) is 4.71. The second kappa shape index (κ2) is 9.09. The molecular weight excluding hydrogens is 462 g/mol. The van der Waals surface area contributed by atoms with Crippen LogP contribution < -0.4 is 10.6 Å². The number of anilines is 2. The molecule has 1 amide bonds. The first-order valence-corrected chi connectivity index (χ1v) is 11.9. The molecular formula is C23H22ClN5O3S. The predicted molar refractivity (Wildman–Crippen MR) is 130 cm³/mol. The number of benzene rings is 2. The molecule has 3 heterocycles. The molecule has 1 atom stereocenters. The highest BCUT2D eigenvalue weighted by molar-refractivity contribution is 7.22. The van der Waals surface area contributed by atoms with Gasteiger partial charge in [0.1, 0.15) is 0 Å². The van der Waals surface area contributed by atoms with Crippen LogP contribution in [0.5, 0.6) is 0 Å². The molecule has 0 aliphatic carbocycles. The van der Waals surface area contributed by atoms with Crippen LogP contribution in [0.25, 0.3) is 21.3 Å². The Bertz CT molecular complexity index is 1360. The van der Waals surface area contributed by atoms with Crippen LogP contribution in [-0.4, -0.2) is 45.5 Å². The summed E-state index contributed by atoms with van der Waals surface area (Å²) in [5, 5.41) is 7.55. The Kier molecular flexibility index (Phi) is 6.01. The number of thiazole rings is 1. The molecule has 1 aliphatic heterocycles. The average Bonchev–Trinajstić information content (AvgIpc) is 3.51. The second-order valence-corrected chi connectivity index (χ2v) is 9.47. The summed E-state index contributed by atoms with van der Waals surface area (Å²) in [7, 11) is 1.90. The molecule has 8 nitrogen and oxygen atoms in total. The number of Topliss-reactive ketones (excluding diaryl/α,β-unsaturated/α-hetero) is 1. The van der Waals surface area contributed by atoms with Gasteiger partial charge in [-0.1, -0.05) is 22.9 Å². The Morgan fingerprint density at radius 3 is 2.88 bits per heavy atom. The van der Waals surface area contributed by atoms with Crippen LogP contribution in [0.3, 0.4) is 0 Å². The minimum Gasteiger partial charge on any atom is -0.379 e. The van der Waals surface area contributed by atoms with Crippen molar-refractivity contribution in [1.29, 1.82) is 0 Å². The first-order chi connectivity index (χ1) is 16.0. The second-order valence-electron chi connectivity index (χ2n) is 8.01. The van der Waals surface area contributed by atoms with E-state index in [1.165, 1.54) is 11.3 Å². The maximum atomic E-state index is 12.7. The standard InChI is InChI=1S/C23H22ClN5O3S/c1-29-18-5-2-13(19(30)6-7-21(31)25-15-8-9-32-12-15)10-17(18)26-22(29)28-23-27-16-4-3-14(24)11-20(16)33-23/h2-5,10-11,15H,6-9,12H2,1H3,(H,25,31)(H,26,27,28). The smallest absolute Gasteiger partial charge is 0.220 e. The molecule has 2 N–H and O–H groups in total. The zero-order chi connectivity index (χ0) is 22.9. The van der Waals surface area contributed by atoms with Gasteiger partial charge < -0.3 is 19.9 Å². The molecule has 4 aromatic rings. The van der Waals surface area contributed by atoms with Crippen molar-refractivity contribution in [2.45, 2.75) is 25.3 Å². The lowest BCUT2D eigenvalue weighted by atomic mass is 10.1. The lowest BCUT2D eigenvalue weighted by Gasteiger charge is -2.10. The van der Waals surface area contributed by atoms with E-state index in [0.29, 0.717) is 40.4 Å². The van der Waals surface area contributed by atoms with E-state index in [-0.39, 0.29) is 30.6 Å². The summed E-state index contributed by atoms with van der Waals surface area (Å²) in [6.07, 6.45) is 1.12. The number of aryl methyl sites for hydroxylation is 1. The van der Waals surface area contributed by atoms with Crippen molar-refractivity contribution in [2.75, 3.05) is 18.5 Å².